The minimum Gasteiger partial charge on any atom is -0.338 e. The van der Waals surface area contributed by atoms with Gasteiger partial charge in [-0.1, -0.05) is 5.16 Å². The number of nitrogens with zero attached hydrogens (tertiary/aromatic N) is 3. The average Bonchev–Trinajstić information content (AvgIpc) is 3.22. The van der Waals surface area contributed by atoms with Gasteiger partial charge in [-0.05, 0) is 43.7 Å². The van der Waals surface area contributed by atoms with Crippen LogP contribution in [0.5, 0.6) is 0 Å². The molecule has 28 heavy (non-hydrogen) atoms. The zero-order valence-corrected chi connectivity index (χ0v) is 16.2. The van der Waals surface area contributed by atoms with Gasteiger partial charge in [0.25, 0.3) is 11.6 Å². The smallest absolute Gasteiger partial charge is 0.259 e. The summed E-state index contributed by atoms with van der Waals surface area (Å²) in [5, 5.41) is 4.39. The molecule has 1 atom stereocenters. The molecule has 4 rings (SSSR count). The Morgan fingerprint density at radius 1 is 1.29 bits per heavy atom. The molecule has 0 spiro atoms. The van der Waals surface area contributed by atoms with Crippen molar-refractivity contribution in [3.63, 3.8) is 0 Å². The second-order valence-electron chi connectivity index (χ2n) is 6.98. The molecule has 3 heterocycles. The molecule has 0 saturated carbocycles. The number of fused-ring (bicyclic) bond motifs is 1. The van der Waals surface area contributed by atoms with Crippen LogP contribution < -0.4 is 0 Å². The zero-order valence-electron chi connectivity index (χ0n) is 15.3. The third kappa shape index (κ3) is 3.26. The highest BCUT2D eigenvalue weighted by molar-refractivity contribution is 7.91. The highest BCUT2D eigenvalue weighted by Crippen LogP contribution is 2.29. The van der Waals surface area contributed by atoms with Crippen LogP contribution >= 0.6 is 0 Å². The lowest BCUT2D eigenvalue weighted by Gasteiger charge is -2.24. The third-order valence-electron chi connectivity index (χ3n) is 5.06. The summed E-state index contributed by atoms with van der Waals surface area (Å²) in [6.07, 6.45) is 0.409. The molecule has 2 aromatic heterocycles. The summed E-state index contributed by atoms with van der Waals surface area (Å²) < 4.78 is 42.1. The zero-order chi connectivity index (χ0) is 20.1. The lowest BCUT2D eigenvalue weighted by Crippen LogP contribution is -2.38. The Balaban J connectivity index is 1.79. The summed E-state index contributed by atoms with van der Waals surface area (Å²) in [4.78, 5) is 19.1. The van der Waals surface area contributed by atoms with Crippen LogP contribution in [0.25, 0.3) is 22.4 Å². The Labute approximate surface area is 161 Å². The van der Waals surface area contributed by atoms with Crippen molar-refractivity contribution in [2.24, 2.45) is 0 Å². The highest BCUT2D eigenvalue weighted by Gasteiger charge is 2.34. The van der Waals surface area contributed by atoms with Gasteiger partial charge in [0, 0.05) is 18.7 Å². The van der Waals surface area contributed by atoms with E-state index in [1.807, 2.05) is 0 Å². The number of carbonyl (C=O) groups excluding carboxylic acids is 1. The number of sulfone groups is 1. The highest BCUT2D eigenvalue weighted by atomic mass is 32.2. The average molecular weight is 403 g/mol. The summed E-state index contributed by atoms with van der Waals surface area (Å²) in [7, 11) is -1.53. The lowest BCUT2D eigenvalue weighted by atomic mass is 10.0. The number of rotatable bonds is 3. The van der Waals surface area contributed by atoms with Crippen LogP contribution in [-0.4, -0.2) is 54.0 Å². The minimum atomic E-state index is -3.12. The third-order valence-corrected chi connectivity index (χ3v) is 6.81. The van der Waals surface area contributed by atoms with Crippen molar-refractivity contribution in [2.75, 3.05) is 18.6 Å². The van der Waals surface area contributed by atoms with Crippen molar-refractivity contribution < 1.29 is 22.1 Å². The van der Waals surface area contributed by atoms with Crippen LogP contribution in [0.1, 0.15) is 22.5 Å². The summed E-state index contributed by atoms with van der Waals surface area (Å²) in [5.74, 6) is -0.673. The number of hydrogen-bond acceptors (Lipinski definition) is 6. The number of amides is 1. The quantitative estimate of drug-likeness (QED) is 0.667. The number of aromatic nitrogens is 2. The first-order chi connectivity index (χ1) is 13.2. The molecule has 1 fully saturated rings. The maximum Gasteiger partial charge on any atom is 0.259 e. The van der Waals surface area contributed by atoms with Crippen LogP contribution in [0.4, 0.5) is 4.39 Å². The molecule has 1 aliphatic heterocycles. The second kappa shape index (κ2) is 6.66. The van der Waals surface area contributed by atoms with Crippen molar-refractivity contribution >= 4 is 26.8 Å². The van der Waals surface area contributed by atoms with E-state index in [9.17, 15) is 17.6 Å². The van der Waals surface area contributed by atoms with Crippen molar-refractivity contribution in [3.05, 3.63) is 47.4 Å². The number of pyridine rings is 1. The first-order valence-corrected chi connectivity index (χ1v) is 10.6. The Bertz CT molecular complexity index is 1170. The molecule has 0 radical (unpaired) electrons. The fourth-order valence-electron chi connectivity index (χ4n) is 3.47. The summed E-state index contributed by atoms with van der Waals surface area (Å²) in [5.41, 5.74) is 2.12. The van der Waals surface area contributed by atoms with Crippen LogP contribution in [0, 0.1) is 12.7 Å². The van der Waals surface area contributed by atoms with Crippen molar-refractivity contribution in [3.8, 4) is 11.3 Å². The van der Waals surface area contributed by atoms with Gasteiger partial charge in [-0.3, -0.25) is 4.79 Å². The Hall–Kier alpha value is -2.81. The predicted molar refractivity (Wildman–Crippen MR) is 101 cm³/mol. The molecule has 1 aliphatic rings. The lowest BCUT2D eigenvalue weighted by molar-refractivity contribution is 0.0749. The van der Waals surface area contributed by atoms with Gasteiger partial charge >= 0.3 is 0 Å². The van der Waals surface area contributed by atoms with E-state index < -0.39 is 9.84 Å². The second-order valence-corrected chi connectivity index (χ2v) is 9.21. The number of benzene rings is 1. The maximum atomic E-state index is 13.2. The molecule has 1 aromatic carbocycles. The van der Waals surface area contributed by atoms with Crippen LogP contribution in [0.3, 0.4) is 0 Å². The molecule has 0 aliphatic carbocycles. The molecule has 1 amide bonds. The van der Waals surface area contributed by atoms with E-state index >= 15 is 0 Å². The van der Waals surface area contributed by atoms with Gasteiger partial charge in [-0.25, -0.2) is 17.8 Å². The van der Waals surface area contributed by atoms with Gasteiger partial charge in [0.1, 0.15) is 5.82 Å². The maximum absolute atomic E-state index is 13.2. The van der Waals surface area contributed by atoms with Crippen molar-refractivity contribution in [1.29, 1.82) is 0 Å². The van der Waals surface area contributed by atoms with Gasteiger partial charge in [0.2, 0.25) is 0 Å². The number of carbonyl (C=O) groups is 1. The fraction of sp³-hybridized carbons (Fsp3) is 0.316. The normalized spacial score (nSPS) is 18.5. The van der Waals surface area contributed by atoms with Crippen molar-refractivity contribution in [2.45, 2.75) is 19.4 Å². The van der Waals surface area contributed by atoms with E-state index in [-0.39, 0.29) is 35.0 Å². The monoisotopic (exact) mass is 403 g/mol. The first kappa shape index (κ1) is 18.5. The van der Waals surface area contributed by atoms with E-state index in [4.69, 9.17) is 4.52 Å². The summed E-state index contributed by atoms with van der Waals surface area (Å²) in [6.45, 7) is 1.71. The summed E-state index contributed by atoms with van der Waals surface area (Å²) >= 11 is 0. The van der Waals surface area contributed by atoms with Gasteiger partial charge in [-0.2, -0.15) is 0 Å². The molecular formula is C19H18FN3O4S. The van der Waals surface area contributed by atoms with Crippen LogP contribution in [-0.2, 0) is 9.84 Å². The van der Waals surface area contributed by atoms with Crippen LogP contribution in [0.15, 0.2) is 34.9 Å². The molecule has 1 unspecified atom stereocenters. The predicted octanol–water partition coefficient (Wildman–Crippen LogP) is 2.60. The molecule has 146 valence electrons. The van der Waals surface area contributed by atoms with E-state index in [0.717, 1.165) is 0 Å². The Kier molecular flexibility index (Phi) is 4.41. The molecule has 0 bridgehead atoms. The standard InChI is InChI=1S/C19H18FN3O4S/c1-11-17-15(19(24)23(2)14-7-8-28(25,26)10-14)9-16(21-18(17)27-22-11)12-3-5-13(20)6-4-12/h3-6,9,14H,7-8,10H2,1-2H3. The van der Waals surface area contributed by atoms with Crippen molar-refractivity contribution in [1.82, 2.24) is 15.0 Å². The van der Waals surface area contributed by atoms with Gasteiger partial charge in [0.15, 0.2) is 9.84 Å². The summed E-state index contributed by atoms with van der Waals surface area (Å²) in [6, 6.07) is 6.98. The number of hydrogen-bond donors (Lipinski definition) is 0. The molecular weight excluding hydrogens is 385 g/mol. The molecule has 0 N–H and O–H groups in total. The SMILES string of the molecule is Cc1noc2nc(-c3ccc(F)cc3)cc(C(=O)N(C)C3CCS(=O)(=O)C3)c12. The Morgan fingerprint density at radius 3 is 2.64 bits per heavy atom. The van der Waals surface area contributed by atoms with E-state index in [2.05, 4.69) is 10.1 Å². The minimum absolute atomic E-state index is 0.0447. The molecule has 1 saturated heterocycles. The van der Waals surface area contributed by atoms with E-state index in [1.54, 1.807) is 32.2 Å². The van der Waals surface area contributed by atoms with E-state index in [0.29, 0.717) is 34.3 Å². The molecule has 3 aromatic rings. The largest absolute Gasteiger partial charge is 0.338 e. The first-order valence-electron chi connectivity index (χ1n) is 8.76. The number of halogens is 1. The number of aryl methyl sites for hydroxylation is 1. The van der Waals surface area contributed by atoms with E-state index in [1.165, 1.54) is 17.0 Å². The van der Waals surface area contributed by atoms with Crippen LogP contribution in [0.2, 0.25) is 0 Å². The van der Waals surface area contributed by atoms with Gasteiger partial charge in [0.05, 0.1) is 33.8 Å². The Morgan fingerprint density at radius 2 is 2.00 bits per heavy atom. The topological polar surface area (TPSA) is 93.4 Å². The van der Waals surface area contributed by atoms with Gasteiger partial charge < -0.3 is 9.42 Å². The fourth-order valence-corrected chi connectivity index (χ4v) is 5.24. The van der Waals surface area contributed by atoms with Gasteiger partial charge in [-0.15, -0.1) is 0 Å². The molecule has 9 heteroatoms. The molecule has 7 nitrogen and oxygen atoms in total.